The van der Waals surface area contributed by atoms with Crippen LogP contribution < -0.4 is 14.4 Å². The van der Waals surface area contributed by atoms with Crippen molar-refractivity contribution < 1.29 is 14.3 Å². The molecular formula is C20H24N2O3. The fraction of sp³-hybridized carbons (Fsp3) is 0.350. The van der Waals surface area contributed by atoms with Crippen LogP contribution in [0.4, 0.5) is 5.69 Å². The van der Waals surface area contributed by atoms with Crippen LogP contribution in [-0.4, -0.2) is 57.6 Å². The molecule has 0 aromatic heterocycles. The molecule has 0 aliphatic carbocycles. The van der Waals surface area contributed by atoms with E-state index in [1.807, 2.05) is 6.07 Å². The van der Waals surface area contributed by atoms with Gasteiger partial charge in [-0.05, 0) is 24.3 Å². The Hall–Kier alpha value is -2.53. The molecule has 1 aliphatic rings. The van der Waals surface area contributed by atoms with Crippen LogP contribution in [0.2, 0.25) is 0 Å². The van der Waals surface area contributed by atoms with E-state index in [1.54, 1.807) is 25.3 Å². The minimum Gasteiger partial charge on any atom is -0.493 e. The lowest BCUT2D eigenvalue weighted by molar-refractivity contribution is 0.111. The number of aldehydes is 1. The molecule has 2 aromatic rings. The summed E-state index contributed by atoms with van der Waals surface area (Å²) >= 11 is 0. The van der Waals surface area contributed by atoms with Gasteiger partial charge in [0.05, 0.1) is 12.7 Å². The molecule has 1 aliphatic heterocycles. The molecule has 0 saturated carbocycles. The average molecular weight is 340 g/mol. The SMILES string of the molecule is COc1cccc(C=O)c1OCCN1CCN(c2ccccc2)CC1. The number of carbonyl (C=O) groups excluding carboxylic acids is 1. The lowest BCUT2D eigenvalue weighted by atomic mass is 10.2. The molecule has 0 bridgehead atoms. The first-order chi connectivity index (χ1) is 12.3. The number of rotatable bonds is 7. The standard InChI is InChI=1S/C20H24N2O3/c1-24-19-9-5-6-17(16-23)20(19)25-15-14-21-10-12-22(13-11-21)18-7-3-2-4-8-18/h2-9,16H,10-15H2,1H3. The first kappa shape index (κ1) is 17.3. The van der Waals surface area contributed by atoms with Gasteiger partial charge in [0.1, 0.15) is 6.61 Å². The van der Waals surface area contributed by atoms with Crippen molar-refractivity contribution >= 4 is 12.0 Å². The molecular weight excluding hydrogens is 316 g/mol. The Bertz CT molecular complexity index is 683. The Morgan fingerprint density at radius 2 is 1.76 bits per heavy atom. The van der Waals surface area contributed by atoms with Gasteiger partial charge in [-0.15, -0.1) is 0 Å². The van der Waals surface area contributed by atoms with Crippen LogP contribution in [0.1, 0.15) is 10.4 Å². The van der Waals surface area contributed by atoms with Gasteiger partial charge in [0.2, 0.25) is 0 Å². The lowest BCUT2D eigenvalue weighted by Crippen LogP contribution is -2.47. The van der Waals surface area contributed by atoms with E-state index in [-0.39, 0.29) is 0 Å². The summed E-state index contributed by atoms with van der Waals surface area (Å²) in [5.74, 6) is 1.13. The summed E-state index contributed by atoms with van der Waals surface area (Å²) in [4.78, 5) is 16.0. The number of benzene rings is 2. The van der Waals surface area contributed by atoms with Crippen LogP contribution in [0.3, 0.4) is 0 Å². The predicted molar refractivity (Wildman–Crippen MR) is 99.0 cm³/mol. The minimum atomic E-state index is 0.522. The maximum atomic E-state index is 11.2. The molecule has 0 radical (unpaired) electrons. The van der Waals surface area contributed by atoms with Crippen molar-refractivity contribution in [3.05, 3.63) is 54.1 Å². The Morgan fingerprint density at radius 1 is 1.00 bits per heavy atom. The quantitative estimate of drug-likeness (QED) is 0.725. The highest BCUT2D eigenvalue weighted by atomic mass is 16.5. The topological polar surface area (TPSA) is 42.0 Å². The van der Waals surface area contributed by atoms with E-state index in [0.29, 0.717) is 23.7 Å². The van der Waals surface area contributed by atoms with Gasteiger partial charge in [-0.2, -0.15) is 0 Å². The van der Waals surface area contributed by atoms with E-state index in [4.69, 9.17) is 9.47 Å². The van der Waals surface area contributed by atoms with E-state index in [0.717, 1.165) is 39.0 Å². The van der Waals surface area contributed by atoms with Crippen LogP contribution in [0.5, 0.6) is 11.5 Å². The molecule has 132 valence electrons. The normalized spacial score (nSPS) is 15.0. The van der Waals surface area contributed by atoms with E-state index in [1.165, 1.54) is 5.69 Å². The van der Waals surface area contributed by atoms with Gasteiger partial charge in [-0.1, -0.05) is 24.3 Å². The number of piperazine rings is 1. The molecule has 5 nitrogen and oxygen atoms in total. The number of anilines is 1. The summed E-state index contributed by atoms with van der Waals surface area (Å²) in [7, 11) is 1.58. The summed E-state index contributed by atoms with van der Waals surface area (Å²) in [5, 5.41) is 0. The van der Waals surface area contributed by atoms with E-state index in [9.17, 15) is 4.79 Å². The summed E-state index contributed by atoms with van der Waals surface area (Å²) in [5.41, 5.74) is 1.80. The second-order valence-corrected chi connectivity index (χ2v) is 6.01. The van der Waals surface area contributed by atoms with Crippen LogP contribution in [0.15, 0.2) is 48.5 Å². The smallest absolute Gasteiger partial charge is 0.171 e. The van der Waals surface area contributed by atoms with Crippen molar-refractivity contribution in [1.82, 2.24) is 4.90 Å². The number of hydrogen-bond acceptors (Lipinski definition) is 5. The maximum Gasteiger partial charge on any atom is 0.171 e. The highest BCUT2D eigenvalue weighted by Gasteiger charge is 2.17. The zero-order valence-electron chi connectivity index (χ0n) is 14.6. The first-order valence-electron chi connectivity index (χ1n) is 8.59. The Balaban J connectivity index is 1.49. The third-order valence-corrected chi connectivity index (χ3v) is 4.50. The van der Waals surface area contributed by atoms with Crippen molar-refractivity contribution in [2.45, 2.75) is 0 Å². The number of carbonyl (C=O) groups is 1. The van der Waals surface area contributed by atoms with Gasteiger partial charge in [0.25, 0.3) is 0 Å². The zero-order valence-corrected chi connectivity index (χ0v) is 14.6. The first-order valence-corrected chi connectivity index (χ1v) is 8.59. The summed E-state index contributed by atoms with van der Waals surface area (Å²) in [6.45, 7) is 5.40. The monoisotopic (exact) mass is 340 g/mol. The number of ether oxygens (including phenoxy) is 2. The molecule has 0 unspecified atom stereocenters. The molecule has 0 spiro atoms. The van der Waals surface area contributed by atoms with Crippen molar-refractivity contribution in [2.24, 2.45) is 0 Å². The van der Waals surface area contributed by atoms with E-state index < -0.39 is 0 Å². The summed E-state index contributed by atoms with van der Waals surface area (Å²) < 4.78 is 11.1. The van der Waals surface area contributed by atoms with Crippen molar-refractivity contribution in [1.29, 1.82) is 0 Å². The molecule has 2 aromatic carbocycles. The largest absolute Gasteiger partial charge is 0.493 e. The lowest BCUT2D eigenvalue weighted by Gasteiger charge is -2.36. The number of methoxy groups -OCH3 is 1. The molecule has 25 heavy (non-hydrogen) atoms. The minimum absolute atomic E-state index is 0.522. The van der Waals surface area contributed by atoms with Crippen LogP contribution in [0.25, 0.3) is 0 Å². The van der Waals surface area contributed by atoms with Gasteiger partial charge in [-0.25, -0.2) is 0 Å². The summed E-state index contributed by atoms with van der Waals surface area (Å²) in [6, 6.07) is 15.8. The maximum absolute atomic E-state index is 11.2. The highest BCUT2D eigenvalue weighted by molar-refractivity contribution is 5.81. The van der Waals surface area contributed by atoms with Crippen molar-refractivity contribution in [3.8, 4) is 11.5 Å². The molecule has 1 heterocycles. The second kappa shape index (κ2) is 8.53. The van der Waals surface area contributed by atoms with Gasteiger partial charge in [-0.3, -0.25) is 9.69 Å². The van der Waals surface area contributed by atoms with Crippen LogP contribution in [0, 0.1) is 0 Å². The number of nitrogens with zero attached hydrogens (tertiary/aromatic N) is 2. The fourth-order valence-electron chi connectivity index (χ4n) is 3.09. The molecule has 0 N–H and O–H groups in total. The molecule has 0 amide bonds. The number of para-hydroxylation sites is 2. The zero-order chi connectivity index (χ0) is 17.5. The highest BCUT2D eigenvalue weighted by Crippen LogP contribution is 2.29. The average Bonchev–Trinajstić information content (AvgIpc) is 2.69. The van der Waals surface area contributed by atoms with Crippen LogP contribution in [-0.2, 0) is 0 Å². The third kappa shape index (κ3) is 4.31. The molecule has 5 heteroatoms. The predicted octanol–water partition coefficient (Wildman–Crippen LogP) is 2.71. The van der Waals surface area contributed by atoms with Crippen LogP contribution >= 0.6 is 0 Å². The van der Waals surface area contributed by atoms with Gasteiger partial charge < -0.3 is 14.4 Å². The molecule has 3 rings (SSSR count). The van der Waals surface area contributed by atoms with E-state index >= 15 is 0 Å². The second-order valence-electron chi connectivity index (χ2n) is 6.01. The van der Waals surface area contributed by atoms with E-state index in [2.05, 4.69) is 34.1 Å². The Kier molecular flexibility index (Phi) is 5.90. The molecule has 1 saturated heterocycles. The number of hydrogen-bond donors (Lipinski definition) is 0. The Morgan fingerprint density at radius 3 is 2.44 bits per heavy atom. The Labute approximate surface area is 148 Å². The third-order valence-electron chi connectivity index (χ3n) is 4.50. The summed E-state index contributed by atoms with van der Waals surface area (Å²) in [6.07, 6.45) is 0.802. The van der Waals surface area contributed by atoms with Crippen molar-refractivity contribution in [3.63, 3.8) is 0 Å². The van der Waals surface area contributed by atoms with Gasteiger partial charge >= 0.3 is 0 Å². The fourth-order valence-corrected chi connectivity index (χ4v) is 3.09. The van der Waals surface area contributed by atoms with Gasteiger partial charge in [0.15, 0.2) is 17.8 Å². The molecule has 1 fully saturated rings. The van der Waals surface area contributed by atoms with Gasteiger partial charge in [0, 0.05) is 38.4 Å². The molecule has 0 atom stereocenters. The van der Waals surface area contributed by atoms with Crippen molar-refractivity contribution in [2.75, 3.05) is 51.3 Å².